The van der Waals surface area contributed by atoms with Crippen molar-refractivity contribution in [2.45, 2.75) is 32.1 Å². The Bertz CT molecular complexity index is 473. The van der Waals surface area contributed by atoms with Gasteiger partial charge < -0.3 is 4.90 Å². The molecule has 0 N–H and O–H groups in total. The van der Waals surface area contributed by atoms with E-state index in [0.29, 0.717) is 18.5 Å². The largest absolute Gasteiger partial charge is 0.335 e. The van der Waals surface area contributed by atoms with Crippen LogP contribution in [0.15, 0.2) is 28.7 Å². The van der Waals surface area contributed by atoms with Crippen LogP contribution >= 0.6 is 15.9 Å². The van der Waals surface area contributed by atoms with Crippen molar-refractivity contribution in [3.63, 3.8) is 0 Å². The lowest BCUT2D eigenvalue weighted by Crippen LogP contribution is -2.37. The van der Waals surface area contributed by atoms with Gasteiger partial charge in [0.1, 0.15) is 0 Å². The minimum Gasteiger partial charge on any atom is -0.335 e. The SMILES string of the molecule is O=C(CN1CCCCCCC1=O)c1ccccc1Br. The summed E-state index contributed by atoms with van der Waals surface area (Å²) in [5.41, 5.74) is 0.650. The summed E-state index contributed by atoms with van der Waals surface area (Å²) < 4.78 is 0.791. The summed E-state index contributed by atoms with van der Waals surface area (Å²) in [4.78, 5) is 25.9. The molecule has 4 heteroatoms. The average Bonchev–Trinajstić information content (AvgIpc) is 2.39. The molecule has 1 aliphatic heterocycles. The minimum absolute atomic E-state index is 0.00129. The first-order chi connectivity index (χ1) is 9.18. The molecular formula is C15H18BrNO2. The van der Waals surface area contributed by atoms with E-state index in [1.165, 1.54) is 0 Å². The Morgan fingerprint density at radius 2 is 1.89 bits per heavy atom. The van der Waals surface area contributed by atoms with E-state index in [9.17, 15) is 9.59 Å². The molecule has 0 unspecified atom stereocenters. The lowest BCUT2D eigenvalue weighted by atomic mass is 10.1. The first-order valence-electron chi connectivity index (χ1n) is 6.74. The number of benzene rings is 1. The Morgan fingerprint density at radius 1 is 1.16 bits per heavy atom. The molecule has 2 rings (SSSR count). The lowest BCUT2D eigenvalue weighted by molar-refractivity contribution is -0.131. The van der Waals surface area contributed by atoms with Gasteiger partial charge in [-0.05, 0) is 18.9 Å². The summed E-state index contributed by atoms with van der Waals surface area (Å²) >= 11 is 3.38. The normalized spacial score (nSPS) is 16.9. The number of hydrogen-bond donors (Lipinski definition) is 0. The third-order valence-corrected chi connectivity index (χ3v) is 4.12. The van der Waals surface area contributed by atoms with E-state index in [2.05, 4.69) is 15.9 Å². The number of halogens is 1. The number of carbonyl (C=O) groups is 2. The third-order valence-electron chi connectivity index (χ3n) is 3.43. The maximum absolute atomic E-state index is 12.3. The van der Waals surface area contributed by atoms with Crippen LogP contribution in [-0.4, -0.2) is 29.7 Å². The second kappa shape index (κ2) is 6.85. The zero-order chi connectivity index (χ0) is 13.7. The van der Waals surface area contributed by atoms with Crippen LogP contribution in [0.2, 0.25) is 0 Å². The summed E-state index contributed by atoms with van der Waals surface area (Å²) in [6, 6.07) is 7.36. The van der Waals surface area contributed by atoms with Gasteiger partial charge in [-0.3, -0.25) is 9.59 Å². The number of nitrogens with zero attached hydrogens (tertiary/aromatic N) is 1. The van der Waals surface area contributed by atoms with Crippen molar-refractivity contribution in [3.05, 3.63) is 34.3 Å². The molecule has 1 aromatic rings. The van der Waals surface area contributed by atoms with Crippen LogP contribution in [0.5, 0.6) is 0 Å². The second-order valence-electron chi connectivity index (χ2n) is 4.88. The van der Waals surface area contributed by atoms with Gasteiger partial charge in [-0.25, -0.2) is 0 Å². The molecular weight excluding hydrogens is 306 g/mol. The highest BCUT2D eigenvalue weighted by Crippen LogP contribution is 2.18. The molecule has 1 fully saturated rings. The Morgan fingerprint density at radius 3 is 2.68 bits per heavy atom. The molecule has 1 heterocycles. The smallest absolute Gasteiger partial charge is 0.222 e. The van der Waals surface area contributed by atoms with E-state index in [0.717, 1.165) is 30.2 Å². The molecule has 0 atom stereocenters. The van der Waals surface area contributed by atoms with Crippen LogP contribution in [0.4, 0.5) is 0 Å². The highest BCUT2D eigenvalue weighted by molar-refractivity contribution is 9.10. The molecule has 1 aromatic carbocycles. The van der Waals surface area contributed by atoms with Crippen molar-refractivity contribution in [1.29, 1.82) is 0 Å². The molecule has 1 amide bonds. The Labute approximate surface area is 122 Å². The summed E-state index contributed by atoms with van der Waals surface area (Å²) in [7, 11) is 0. The zero-order valence-electron chi connectivity index (χ0n) is 10.9. The standard InChI is InChI=1S/C15H18BrNO2/c16-13-8-5-4-7-12(13)14(18)11-17-10-6-2-1-3-9-15(17)19/h4-5,7-8H,1-3,6,9-11H2. The van der Waals surface area contributed by atoms with Crippen molar-refractivity contribution >= 4 is 27.6 Å². The Balaban J connectivity index is 2.04. The van der Waals surface area contributed by atoms with Crippen LogP contribution in [-0.2, 0) is 4.79 Å². The van der Waals surface area contributed by atoms with E-state index in [-0.39, 0.29) is 18.2 Å². The maximum Gasteiger partial charge on any atom is 0.222 e. The number of hydrogen-bond acceptors (Lipinski definition) is 2. The van der Waals surface area contributed by atoms with Crippen LogP contribution in [0.25, 0.3) is 0 Å². The van der Waals surface area contributed by atoms with Gasteiger partial charge >= 0.3 is 0 Å². The first-order valence-corrected chi connectivity index (χ1v) is 7.53. The molecule has 1 aliphatic rings. The summed E-state index contributed by atoms with van der Waals surface area (Å²) in [5, 5.41) is 0. The van der Waals surface area contributed by atoms with Gasteiger partial charge in [-0.15, -0.1) is 0 Å². The van der Waals surface area contributed by atoms with Crippen molar-refractivity contribution in [1.82, 2.24) is 4.90 Å². The van der Waals surface area contributed by atoms with Crippen molar-refractivity contribution < 1.29 is 9.59 Å². The highest BCUT2D eigenvalue weighted by Gasteiger charge is 2.20. The molecule has 0 bridgehead atoms. The average molecular weight is 324 g/mol. The van der Waals surface area contributed by atoms with Crippen LogP contribution in [0.1, 0.15) is 42.5 Å². The Hall–Kier alpha value is -1.16. The quantitative estimate of drug-likeness (QED) is 0.799. The minimum atomic E-state index is 0.00129. The highest BCUT2D eigenvalue weighted by atomic mass is 79.9. The van der Waals surface area contributed by atoms with E-state index in [4.69, 9.17) is 0 Å². The van der Waals surface area contributed by atoms with Gasteiger partial charge in [0.25, 0.3) is 0 Å². The van der Waals surface area contributed by atoms with E-state index in [1.54, 1.807) is 11.0 Å². The fourth-order valence-electron chi connectivity index (χ4n) is 2.33. The van der Waals surface area contributed by atoms with Gasteiger partial charge in [-0.1, -0.05) is 47.0 Å². The topological polar surface area (TPSA) is 37.4 Å². The number of ketones is 1. The summed E-state index contributed by atoms with van der Waals surface area (Å²) in [6.07, 6.45) is 4.78. The molecule has 0 aromatic heterocycles. The number of amides is 1. The Kier molecular flexibility index (Phi) is 5.14. The summed E-state index contributed by atoms with van der Waals surface area (Å²) in [5.74, 6) is 0.113. The molecule has 1 saturated heterocycles. The van der Waals surface area contributed by atoms with Crippen LogP contribution < -0.4 is 0 Å². The fourth-order valence-corrected chi connectivity index (χ4v) is 2.83. The predicted octanol–water partition coefficient (Wildman–Crippen LogP) is 3.42. The molecule has 0 saturated carbocycles. The van der Waals surface area contributed by atoms with Gasteiger partial charge in [0, 0.05) is 23.0 Å². The van der Waals surface area contributed by atoms with Gasteiger partial charge in [0.2, 0.25) is 5.91 Å². The van der Waals surface area contributed by atoms with Crippen LogP contribution in [0, 0.1) is 0 Å². The third kappa shape index (κ3) is 3.90. The molecule has 0 aliphatic carbocycles. The molecule has 3 nitrogen and oxygen atoms in total. The van der Waals surface area contributed by atoms with Crippen LogP contribution in [0.3, 0.4) is 0 Å². The predicted molar refractivity (Wildman–Crippen MR) is 78.1 cm³/mol. The van der Waals surface area contributed by atoms with E-state index in [1.807, 2.05) is 18.2 Å². The van der Waals surface area contributed by atoms with E-state index >= 15 is 0 Å². The first kappa shape index (κ1) is 14.3. The molecule has 102 valence electrons. The molecule has 19 heavy (non-hydrogen) atoms. The zero-order valence-corrected chi connectivity index (χ0v) is 12.5. The number of Topliss-reactive ketones (excluding diaryl/α,β-unsaturated/α-hetero) is 1. The van der Waals surface area contributed by atoms with Crippen molar-refractivity contribution in [3.8, 4) is 0 Å². The second-order valence-corrected chi connectivity index (χ2v) is 5.74. The lowest BCUT2D eigenvalue weighted by Gasteiger charge is -2.24. The van der Waals surface area contributed by atoms with Crippen molar-refractivity contribution in [2.24, 2.45) is 0 Å². The van der Waals surface area contributed by atoms with Gasteiger partial charge in [0.05, 0.1) is 6.54 Å². The van der Waals surface area contributed by atoms with E-state index < -0.39 is 0 Å². The van der Waals surface area contributed by atoms with Gasteiger partial charge in [0.15, 0.2) is 5.78 Å². The van der Waals surface area contributed by atoms with Crippen molar-refractivity contribution in [2.75, 3.05) is 13.1 Å². The monoisotopic (exact) mass is 323 g/mol. The maximum atomic E-state index is 12.3. The number of rotatable bonds is 3. The summed E-state index contributed by atoms with van der Waals surface area (Å²) in [6.45, 7) is 0.899. The fraction of sp³-hybridized carbons (Fsp3) is 0.467. The number of likely N-dealkylation sites (tertiary alicyclic amines) is 1. The number of carbonyl (C=O) groups excluding carboxylic acids is 2. The molecule has 0 spiro atoms. The van der Waals surface area contributed by atoms with Gasteiger partial charge in [-0.2, -0.15) is 0 Å². The molecule has 0 radical (unpaired) electrons.